The second kappa shape index (κ2) is 4.55. The zero-order valence-electron chi connectivity index (χ0n) is 9.94. The summed E-state index contributed by atoms with van der Waals surface area (Å²) < 4.78 is 10.8. The molecule has 0 aromatic carbocycles. The molecule has 1 aliphatic carbocycles. The molecule has 0 radical (unpaired) electrons. The van der Waals surface area contributed by atoms with Gasteiger partial charge < -0.3 is 9.47 Å². The number of hydroxylamine groups is 1. The van der Waals surface area contributed by atoms with E-state index >= 15 is 0 Å². The van der Waals surface area contributed by atoms with Gasteiger partial charge in [0.15, 0.2) is 0 Å². The quantitative estimate of drug-likeness (QED) is 0.742. The second-order valence-corrected chi connectivity index (χ2v) is 5.19. The highest BCUT2D eigenvalue weighted by atomic mass is 16.7. The van der Waals surface area contributed by atoms with Crippen molar-refractivity contribution in [2.45, 2.75) is 44.3 Å². The lowest BCUT2D eigenvalue weighted by Crippen LogP contribution is -2.44. The van der Waals surface area contributed by atoms with E-state index in [1.807, 2.05) is 0 Å². The zero-order chi connectivity index (χ0) is 11.7. The molecule has 1 amide bonds. The normalized spacial score (nSPS) is 40.5. The van der Waals surface area contributed by atoms with Crippen molar-refractivity contribution >= 4 is 5.91 Å². The Kier molecular flexibility index (Phi) is 3.06. The van der Waals surface area contributed by atoms with Crippen LogP contribution in [0.5, 0.6) is 0 Å². The smallest absolute Gasteiger partial charge is 0.252 e. The molecule has 3 rings (SSSR count). The molecule has 96 valence electrons. The van der Waals surface area contributed by atoms with Crippen LogP contribution in [0.3, 0.4) is 0 Å². The highest BCUT2D eigenvalue weighted by Gasteiger charge is 2.53. The molecule has 5 heteroatoms. The van der Waals surface area contributed by atoms with Crippen LogP contribution in [0, 0.1) is 5.41 Å². The molecule has 5 nitrogen and oxygen atoms in total. The van der Waals surface area contributed by atoms with Crippen LogP contribution < -0.4 is 5.48 Å². The maximum absolute atomic E-state index is 12.2. The van der Waals surface area contributed by atoms with Crippen molar-refractivity contribution in [1.82, 2.24) is 5.48 Å². The van der Waals surface area contributed by atoms with Crippen molar-refractivity contribution in [3.8, 4) is 0 Å². The molecule has 3 fully saturated rings. The Morgan fingerprint density at radius 1 is 1.29 bits per heavy atom. The molecule has 3 aliphatic rings. The van der Waals surface area contributed by atoms with E-state index < -0.39 is 0 Å². The summed E-state index contributed by atoms with van der Waals surface area (Å²) in [6.07, 6.45) is 4.79. The summed E-state index contributed by atoms with van der Waals surface area (Å²) >= 11 is 0. The summed E-state index contributed by atoms with van der Waals surface area (Å²) in [6, 6.07) is 0. The molecule has 0 spiro atoms. The van der Waals surface area contributed by atoms with Gasteiger partial charge in [0.05, 0.1) is 18.1 Å². The van der Waals surface area contributed by atoms with Crippen LogP contribution >= 0.6 is 0 Å². The van der Waals surface area contributed by atoms with Crippen LogP contribution in [0.25, 0.3) is 0 Å². The van der Waals surface area contributed by atoms with Gasteiger partial charge in [0.1, 0.15) is 6.10 Å². The van der Waals surface area contributed by atoms with E-state index in [1.165, 1.54) is 0 Å². The molecule has 1 unspecified atom stereocenters. The van der Waals surface area contributed by atoms with Gasteiger partial charge in [-0.2, -0.15) is 0 Å². The van der Waals surface area contributed by atoms with Crippen molar-refractivity contribution in [2.24, 2.45) is 5.41 Å². The van der Waals surface area contributed by atoms with Crippen LogP contribution in [-0.4, -0.2) is 37.9 Å². The summed E-state index contributed by atoms with van der Waals surface area (Å²) in [7, 11) is 0. The van der Waals surface area contributed by atoms with E-state index in [0.717, 1.165) is 38.7 Å². The first kappa shape index (κ1) is 11.4. The maximum atomic E-state index is 12.2. The van der Waals surface area contributed by atoms with E-state index in [1.54, 1.807) is 0 Å². The molecule has 2 aliphatic heterocycles. The molecule has 2 saturated heterocycles. The number of nitrogens with one attached hydrogen (secondary N) is 1. The number of carbonyl (C=O) groups is 1. The number of hydrogen-bond acceptors (Lipinski definition) is 4. The van der Waals surface area contributed by atoms with Gasteiger partial charge in [0, 0.05) is 19.6 Å². The van der Waals surface area contributed by atoms with E-state index in [-0.39, 0.29) is 23.5 Å². The third-order valence-electron chi connectivity index (χ3n) is 4.23. The van der Waals surface area contributed by atoms with Crippen molar-refractivity contribution < 1.29 is 19.1 Å². The highest BCUT2D eigenvalue weighted by molar-refractivity contribution is 5.83. The van der Waals surface area contributed by atoms with Gasteiger partial charge in [0.25, 0.3) is 5.91 Å². The van der Waals surface area contributed by atoms with Crippen LogP contribution in [0.15, 0.2) is 0 Å². The molecule has 1 saturated carbocycles. The van der Waals surface area contributed by atoms with E-state index in [2.05, 4.69) is 5.48 Å². The monoisotopic (exact) mass is 241 g/mol. The summed E-state index contributed by atoms with van der Waals surface area (Å²) in [4.78, 5) is 17.6. The average molecular weight is 241 g/mol. The van der Waals surface area contributed by atoms with Gasteiger partial charge in [-0.1, -0.05) is 0 Å². The molecular formula is C12H19NO4. The summed E-state index contributed by atoms with van der Waals surface area (Å²) in [6.45, 7) is 2.00. The average Bonchev–Trinajstić information content (AvgIpc) is 3.01. The van der Waals surface area contributed by atoms with Gasteiger partial charge in [-0.25, -0.2) is 5.48 Å². The van der Waals surface area contributed by atoms with E-state index in [0.29, 0.717) is 13.2 Å². The Morgan fingerprint density at radius 2 is 2.24 bits per heavy atom. The number of rotatable bonds is 3. The fourth-order valence-electron chi connectivity index (χ4n) is 3.17. The number of amides is 1. The molecule has 3 atom stereocenters. The van der Waals surface area contributed by atoms with Gasteiger partial charge >= 0.3 is 0 Å². The number of carbonyl (C=O) groups excluding carboxylic acids is 1. The van der Waals surface area contributed by atoms with Crippen molar-refractivity contribution in [2.75, 3.05) is 19.8 Å². The number of ether oxygens (including phenoxy) is 2. The van der Waals surface area contributed by atoms with Gasteiger partial charge in [-0.3, -0.25) is 9.63 Å². The molecule has 2 heterocycles. The third kappa shape index (κ3) is 1.96. The van der Waals surface area contributed by atoms with E-state index in [4.69, 9.17) is 14.3 Å². The van der Waals surface area contributed by atoms with Crippen molar-refractivity contribution in [1.29, 1.82) is 0 Å². The first-order chi connectivity index (χ1) is 8.31. The van der Waals surface area contributed by atoms with Gasteiger partial charge in [0.2, 0.25) is 0 Å². The number of fused-ring (bicyclic) bond motifs is 1. The predicted octanol–water partition coefficient (Wildman–Crippen LogP) is 0.782. The highest BCUT2D eigenvalue weighted by Crippen LogP contribution is 2.47. The Balaban J connectivity index is 1.57. The Labute approximate surface area is 101 Å². The first-order valence-electron chi connectivity index (χ1n) is 6.47. The minimum Gasteiger partial charge on any atom is -0.379 e. The van der Waals surface area contributed by atoms with Crippen LogP contribution in [0.4, 0.5) is 0 Å². The van der Waals surface area contributed by atoms with Gasteiger partial charge in [-0.15, -0.1) is 0 Å². The lowest BCUT2D eigenvalue weighted by molar-refractivity contribution is -0.150. The van der Waals surface area contributed by atoms with Crippen LogP contribution in [0.1, 0.15) is 32.1 Å². The van der Waals surface area contributed by atoms with Crippen molar-refractivity contribution in [3.63, 3.8) is 0 Å². The summed E-state index contributed by atoms with van der Waals surface area (Å²) in [5.41, 5.74) is 2.31. The largest absolute Gasteiger partial charge is 0.379 e. The Morgan fingerprint density at radius 3 is 3.06 bits per heavy atom. The third-order valence-corrected chi connectivity index (χ3v) is 4.23. The minimum absolute atomic E-state index is 0.00407. The molecule has 17 heavy (non-hydrogen) atoms. The molecule has 0 aromatic rings. The summed E-state index contributed by atoms with van der Waals surface area (Å²) in [5.74, 6) is 0.00407. The van der Waals surface area contributed by atoms with Crippen LogP contribution in [0.2, 0.25) is 0 Å². The molecule has 0 bridgehead atoms. The van der Waals surface area contributed by atoms with Crippen molar-refractivity contribution in [3.05, 3.63) is 0 Å². The number of hydrogen-bond donors (Lipinski definition) is 1. The Hall–Kier alpha value is -0.650. The molecular weight excluding hydrogens is 222 g/mol. The maximum Gasteiger partial charge on any atom is 0.252 e. The summed E-state index contributed by atoms with van der Waals surface area (Å²) in [5, 5.41) is 0. The lowest BCUT2D eigenvalue weighted by atomic mass is 9.82. The second-order valence-electron chi connectivity index (χ2n) is 5.19. The topological polar surface area (TPSA) is 56.8 Å². The predicted molar refractivity (Wildman–Crippen MR) is 59.1 cm³/mol. The molecule has 1 N–H and O–H groups in total. The molecule has 0 aromatic heterocycles. The zero-order valence-corrected chi connectivity index (χ0v) is 9.94. The fraction of sp³-hybridized carbons (Fsp3) is 0.917. The van der Waals surface area contributed by atoms with E-state index in [9.17, 15) is 4.79 Å². The minimum atomic E-state index is -0.320. The SMILES string of the molecule is O=C(NOC1CCOC1)[C@]12CCC[C@H]1OCC2. The van der Waals surface area contributed by atoms with Crippen LogP contribution in [-0.2, 0) is 19.1 Å². The Bertz CT molecular complexity index is 291. The first-order valence-corrected chi connectivity index (χ1v) is 6.47. The van der Waals surface area contributed by atoms with Gasteiger partial charge in [-0.05, 0) is 25.7 Å². The fourth-order valence-corrected chi connectivity index (χ4v) is 3.17. The lowest BCUT2D eigenvalue weighted by Gasteiger charge is -2.26. The standard InChI is InChI=1S/C12H19NO4/c14-11(13-17-9-3-6-15-8-9)12-4-1-2-10(12)16-7-5-12/h9-10H,1-8H2,(H,13,14)/t9?,10-,12+/m1/s1.